The maximum absolute atomic E-state index is 7.49. The number of hydrogen-bond acceptors (Lipinski definition) is 6. The summed E-state index contributed by atoms with van der Waals surface area (Å²) in [6.07, 6.45) is 0. The zero-order chi connectivity index (χ0) is 78.7. The van der Waals surface area contributed by atoms with Crippen molar-refractivity contribution in [3.8, 4) is 44.9 Å². The second-order valence-corrected chi connectivity index (χ2v) is 39.9. The monoisotopic (exact) mass is 1490 g/mol. The summed E-state index contributed by atoms with van der Waals surface area (Å²) >= 11 is 0. The summed E-state index contributed by atoms with van der Waals surface area (Å²) in [6.45, 7) is 46.0. The van der Waals surface area contributed by atoms with Gasteiger partial charge < -0.3 is 29.7 Å². The molecule has 0 saturated carbocycles. The summed E-state index contributed by atoms with van der Waals surface area (Å²) in [5.74, 6) is 1.79. The van der Waals surface area contributed by atoms with E-state index in [1.807, 2.05) is 0 Å². The van der Waals surface area contributed by atoms with Crippen molar-refractivity contribution >= 4 is 167 Å². The topological polar surface area (TPSA) is 34.2 Å². The molecule has 554 valence electrons. The Kier molecular flexibility index (Phi) is 15.2. The van der Waals surface area contributed by atoms with Gasteiger partial charge in [-0.2, -0.15) is 0 Å². The lowest BCUT2D eigenvalue weighted by molar-refractivity contribution is 0.487. The Morgan fingerprint density at radius 3 is 1.11 bits per heavy atom. The molecule has 0 bridgehead atoms. The molecule has 6 nitrogen and oxygen atoms in total. The van der Waals surface area contributed by atoms with Crippen LogP contribution in [-0.4, -0.2) is 28.2 Å². The Balaban J connectivity index is 0.924. The Bertz CT molecular complexity index is 6620. The Hall–Kier alpha value is -11.7. The highest BCUT2D eigenvalue weighted by molar-refractivity contribution is 7.07. The number of aryl methyl sites for hydroxylation is 18. The van der Waals surface area contributed by atoms with E-state index in [0.717, 1.165) is 34.1 Å². The van der Waals surface area contributed by atoms with Gasteiger partial charge in [0.1, 0.15) is 19.6 Å². The van der Waals surface area contributed by atoms with Crippen LogP contribution in [0.4, 0.5) is 79.6 Å². The highest BCUT2D eigenvalue weighted by atomic mass is 28.3. The molecule has 7 heterocycles. The molecule has 0 spiro atoms. The van der Waals surface area contributed by atoms with Crippen LogP contribution in [0.3, 0.4) is 0 Å². The standard InChI is InChI=1S/C104H94B3N5OSi/c1-54-32-60(7)95(61(8)33-54)72-44-82-98-87(45-72)109-83-28-22-24-30-93(83)114(19,20)94-31-25-27-76(104(94)109)106(98)77-50-78-84(52-81(77)108-82)110(101-66(13)38-57(4)39-67(101)14)88-46-73(96-62(9)34-55(2)35-63(96)10)47-89-99(88)107(78)80-51-79-85(53-86(80)111(89)102-68(15)40-58(5)41-69(102)16)112(103-70(17)42-59(6)43-71(103)18)90-48-74(97-64(11)36-56(3)37-65(97)12)49-92-100(90)105(79)75-26-21-23-29-91(75)113-92/h21-53,108H,1-20H3. The van der Waals surface area contributed by atoms with Gasteiger partial charge in [0.25, 0.3) is 20.1 Å². The largest absolute Gasteiger partial charge is 0.458 e. The average Bonchev–Trinajstić information content (AvgIpc) is 0.677. The first-order chi connectivity index (χ1) is 54.7. The Labute approximate surface area is 675 Å². The minimum absolute atomic E-state index is 0.124. The molecule has 0 fully saturated rings. The minimum Gasteiger partial charge on any atom is -0.458 e. The van der Waals surface area contributed by atoms with E-state index in [2.05, 4.69) is 363 Å². The molecule has 7 aliphatic rings. The van der Waals surface area contributed by atoms with Crippen LogP contribution in [0.25, 0.3) is 33.4 Å². The first-order valence-corrected chi connectivity index (χ1v) is 44.0. The molecule has 1 N–H and O–H groups in total. The van der Waals surface area contributed by atoms with Crippen LogP contribution < -0.4 is 89.2 Å². The highest BCUT2D eigenvalue weighted by Crippen LogP contribution is 2.55. The maximum Gasteiger partial charge on any atom is 0.256 e. The number of ether oxygens (including phenoxy) is 1. The van der Waals surface area contributed by atoms with Gasteiger partial charge in [-0.05, 0) is 345 Å². The SMILES string of the molecule is Cc1cc(C)c(-c2cc3c4c(c2)N2c5ccccc5[Si](C)(C)c5cccc(c52)B4c2cc4c(cc2N3)N(c2c(C)cc(C)cc2C)c2cc(-c3c(C)cc(C)cc3C)cc3c2B4c2cc4c(cc2N3c2c(C)cc(C)cc2C)N(c2c(C)cc(C)cc2C)c2cc(-c3c(C)cc(C)cc3C)cc3c2B4c2ccccc2O3)c(C)c1. The molecule has 14 aromatic carbocycles. The summed E-state index contributed by atoms with van der Waals surface area (Å²) in [4.78, 5) is 10.9. The molecular weight excluding hydrogens is 1400 g/mol. The van der Waals surface area contributed by atoms with Crippen molar-refractivity contribution in [3.05, 3.63) is 300 Å². The van der Waals surface area contributed by atoms with Gasteiger partial charge in [-0.15, -0.1) is 0 Å². The number of anilines is 14. The van der Waals surface area contributed by atoms with E-state index in [1.165, 1.54) is 250 Å². The quantitative estimate of drug-likeness (QED) is 0.167. The summed E-state index contributed by atoms with van der Waals surface area (Å²) in [5, 5.41) is 7.37. The van der Waals surface area contributed by atoms with Crippen molar-refractivity contribution in [1.82, 2.24) is 0 Å². The second-order valence-electron chi connectivity index (χ2n) is 35.6. The van der Waals surface area contributed by atoms with E-state index in [4.69, 9.17) is 4.74 Å². The van der Waals surface area contributed by atoms with Crippen molar-refractivity contribution in [2.45, 2.75) is 138 Å². The predicted molar refractivity (Wildman–Crippen MR) is 494 cm³/mol. The van der Waals surface area contributed by atoms with Gasteiger partial charge in [0.05, 0.1) is 17.1 Å². The molecule has 0 radical (unpaired) electrons. The predicted octanol–water partition coefficient (Wildman–Crippen LogP) is 20.2. The summed E-state index contributed by atoms with van der Waals surface area (Å²) in [5.41, 5.74) is 58.3. The van der Waals surface area contributed by atoms with Crippen LogP contribution in [0.5, 0.6) is 11.5 Å². The maximum atomic E-state index is 7.49. The molecule has 114 heavy (non-hydrogen) atoms. The smallest absolute Gasteiger partial charge is 0.256 e. The van der Waals surface area contributed by atoms with E-state index in [-0.39, 0.29) is 20.1 Å². The van der Waals surface area contributed by atoms with E-state index in [0.29, 0.717) is 0 Å². The molecule has 0 saturated heterocycles. The van der Waals surface area contributed by atoms with E-state index in [9.17, 15) is 0 Å². The lowest BCUT2D eigenvalue weighted by atomic mass is 9.29. The number of hydrogen-bond donors (Lipinski definition) is 1. The number of fused-ring (bicyclic) bond motifs is 14. The number of nitrogens with zero attached hydrogens (tertiary/aromatic N) is 4. The Morgan fingerprint density at radius 2 is 0.614 bits per heavy atom. The lowest BCUT2D eigenvalue weighted by Gasteiger charge is -2.49. The van der Waals surface area contributed by atoms with E-state index >= 15 is 0 Å². The number of rotatable bonds is 6. The van der Waals surface area contributed by atoms with Gasteiger partial charge in [0.2, 0.25) is 0 Å². The van der Waals surface area contributed by atoms with Crippen LogP contribution in [-0.2, 0) is 0 Å². The highest BCUT2D eigenvalue weighted by Gasteiger charge is 2.53. The van der Waals surface area contributed by atoms with Crippen LogP contribution in [0, 0.1) is 125 Å². The van der Waals surface area contributed by atoms with Crippen molar-refractivity contribution in [2.24, 2.45) is 0 Å². The van der Waals surface area contributed by atoms with Gasteiger partial charge in [-0.3, -0.25) is 0 Å². The van der Waals surface area contributed by atoms with Crippen LogP contribution in [0.1, 0.15) is 100 Å². The first kappa shape index (κ1) is 70.2. The second kappa shape index (κ2) is 24.7. The van der Waals surface area contributed by atoms with Gasteiger partial charge in [-0.1, -0.05) is 186 Å². The lowest BCUT2D eigenvalue weighted by Crippen LogP contribution is -2.68. The molecule has 0 amide bonds. The molecule has 0 atom stereocenters. The fourth-order valence-corrected chi connectivity index (χ4v) is 26.3. The number of nitrogens with one attached hydrogen (secondary N) is 1. The van der Waals surface area contributed by atoms with Crippen LogP contribution in [0.2, 0.25) is 13.1 Å². The molecular formula is C104H94B3N5OSi. The molecule has 10 heteroatoms. The normalized spacial score (nSPS) is 14.2. The summed E-state index contributed by atoms with van der Waals surface area (Å²) in [6, 6.07) is 80.3. The first-order valence-electron chi connectivity index (χ1n) is 41.0. The molecule has 0 aromatic heterocycles. The average molecular weight is 1490 g/mol. The van der Waals surface area contributed by atoms with E-state index in [1.54, 1.807) is 0 Å². The molecule has 7 aliphatic heterocycles. The Morgan fingerprint density at radius 1 is 0.254 bits per heavy atom. The summed E-state index contributed by atoms with van der Waals surface area (Å²) in [7, 11) is -2.31. The van der Waals surface area contributed by atoms with Crippen molar-refractivity contribution in [2.75, 3.05) is 24.9 Å². The molecule has 0 unspecified atom stereocenters. The zero-order valence-electron chi connectivity index (χ0n) is 69.5. The fraction of sp³-hybridized carbons (Fsp3) is 0.192. The zero-order valence-corrected chi connectivity index (χ0v) is 70.5. The van der Waals surface area contributed by atoms with Gasteiger partial charge in [0, 0.05) is 62.6 Å². The fourth-order valence-electron chi connectivity index (χ4n) is 23.3. The third-order valence-electron chi connectivity index (χ3n) is 26.9. The number of benzene rings is 14. The van der Waals surface area contributed by atoms with Crippen molar-refractivity contribution < 1.29 is 4.74 Å². The molecule has 14 aromatic rings. The summed E-state index contributed by atoms with van der Waals surface area (Å²) < 4.78 is 7.49. The van der Waals surface area contributed by atoms with Gasteiger partial charge >= 0.3 is 0 Å². The van der Waals surface area contributed by atoms with E-state index < -0.39 is 8.07 Å². The third kappa shape index (κ3) is 9.88. The van der Waals surface area contributed by atoms with Crippen molar-refractivity contribution in [1.29, 1.82) is 0 Å². The molecule has 0 aliphatic carbocycles. The van der Waals surface area contributed by atoms with Crippen LogP contribution >= 0.6 is 0 Å². The van der Waals surface area contributed by atoms with Gasteiger partial charge in [0.15, 0.2) is 0 Å². The number of para-hydroxylation sites is 3. The van der Waals surface area contributed by atoms with Gasteiger partial charge in [-0.25, -0.2) is 0 Å². The third-order valence-corrected chi connectivity index (χ3v) is 30.4. The molecule has 21 rings (SSSR count). The minimum atomic E-state index is -2.31. The van der Waals surface area contributed by atoms with Crippen LogP contribution in [0.15, 0.2) is 200 Å². The van der Waals surface area contributed by atoms with Crippen molar-refractivity contribution in [3.63, 3.8) is 0 Å².